The molecule has 1 atom stereocenters. The number of hydrogen-bond donors (Lipinski definition) is 0. The number of aliphatic imine (C=N–C) groups is 1. The van der Waals surface area contributed by atoms with Crippen LogP contribution in [0.5, 0.6) is 0 Å². The summed E-state index contributed by atoms with van der Waals surface area (Å²) in [5, 5.41) is 6.38. The minimum absolute atomic E-state index is 0.0123. The number of nitrogens with zero attached hydrogens (tertiary/aromatic N) is 3. The maximum absolute atomic E-state index is 12.0. The number of para-hydroxylation sites is 1. The monoisotopic (exact) mass is 317 g/mol. The van der Waals surface area contributed by atoms with Crippen LogP contribution in [0.2, 0.25) is 0 Å². The first-order valence-electron chi connectivity index (χ1n) is 7.70. The predicted molar refractivity (Wildman–Crippen MR) is 94.9 cm³/mol. The average molecular weight is 317 g/mol. The second-order valence-electron chi connectivity index (χ2n) is 5.77. The maximum Gasteiger partial charge on any atom is 0.259 e. The molecule has 1 fully saturated rings. The minimum Gasteiger partial charge on any atom is -0.271 e. The third kappa shape index (κ3) is 3.97. The fourth-order valence-electron chi connectivity index (χ4n) is 2.08. The van der Waals surface area contributed by atoms with Crippen LogP contribution in [0.25, 0.3) is 0 Å². The molecule has 0 aliphatic carbocycles. The zero-order valence-electron chi connectivity index (χ0n) is 13.6. The van der Waals surface area contributed by atoms with Crippen LogP contribution in [-0.2, 0) is 4.79 Å². The van der Waals surface area contributed by atoms with Gasteiger partial charge in [-0.3, -0.25) is 4.79 Å². The molecule has 1 unspecified atom stereocenters. The fraction of sp³-hybridized carbons (Fsp3) is 0.471. The number of hydrogen-bond acceptors (Lipinski definition) is 4. The first-order chi connectivity index (χ1) is 10.5. The molecule has 1 saturated heterocycles. The topological polar surface area (TPSA) is 45.0 Å². The van der Waals surface area contributed by atoms with Crippen LogP contribution in [0, 0.1) is 5.92 Å². The van der Waals surface area contributed by atoms with Gasteiger partial charge < -0.3 is 0 Å². The molecule has 22 heavy (non-hydrogen) atoms. The van der Waals surface area contributed by atoms with Crippen LogP contribution >= 0.6 is 11.8 Å². The highest BCUT2D eigenvalue weighted by atomic mass is 32.2. The van der Waals surface area contributed by atoms with Crippen LogP contribution in [-0.4, -0.2) is 28.1 Å². The summed E-state index contributed by atoms with van der Waals surface area (Å²) < 4.78 is 0. The Hall–Kier alpha value is -1.62. The molecule has 0 aromatic heterocycles. The summed E-state index contributed by atoms with van der Waals surface area (Å²) in [6.45, 7) is 8.43. The fourth-order valence-corrected chi connectivity index (χ4v) is 2.89. The molecule has 0 radical (unpaired) electrons. The first kappa shape index (κ1) is 16.7. The number of benzene rings is 1. The van der Waals surface area contributed by atoms with Crippen molar-refractivity contribution in [2.24, 2.45) is 16.0 Å². The molecule has 1 aliphatic heterocycles. The Balaban J connectivity index is 2.34. The van der Waals surface area contributed by atoms with Crippen LogP contribution in [0.1, 0.15) is 45.6 Å². The van der Waals surface area contributed by atoms with E-state index in [9.17, 15) is 4.79 Å². The highest BCUT2D eigenvalue weighted by Gasteiger charge is 2.28. The van der Waals surface area contributed by atoms with Gasteiger partial charge in [0.25, 0.3) is 5.91 Å². The van der Waals surface area contributed by atoms with Gasteiger partial charge in [-0.1, -0.05) is 57.7 Å². The SMILES string of the molecule is CCC(C)c1ccccc1/N=C1\SCC(=O)N1/N=C/C(C)C. The minimum atomic E-state index is -0.0123. The van der Waals surface area contributed by atoms with E-state index in [2.05, 4.69) is 25.0 Å². The van der Waals surface area contributed by atoms with E-state index in [1.807, 2.05) is 32.0 Å². The molecule has 1 aliphatic rings. The number of amides is 1. The summed E-state index contributed by atoms with van der Waals surface area (Å²) in [6, 6.07) is 8.13. The molecule has 1 amide bonds. The normalized spacial score (nSPS) is 18.9. The third-order valence-electron chi connectivity index (χ3n) is 3.52. The zero-order valence-corrected chi connectivity index (χ0v) is 14.4. The van der Waals surface area contributed by atoms with Gasteiger partial charge in [0.2, 0.25) is 0 Å². The highest BCUT2D eigenvalue weighted by Crippen LogP contribution is 2.31. The Morgan fingerprint density at radius 3 is 2.73 bits per heavy atom. The second kappa shape index (κ2) is 7.58. The molecule has 118 valence electrons. The van der Waals surface area contributed by atoms with E-state index in [1.54, 1.807) is 6.21 Å². The summed E-state index contributed by atoms with van der Waals surface area (Å²) in [7, 11) is 0. The molecule has 0 N–H and O–H groups in total. The van der Waals surface area contributed by atoms with E-state index in [0.717, 1.165) is 12.1 Å². The van der Waals surface area contributed by atoms with Crippen molar-refractivity contribution in [1.29, 1.82) is 0 Å². The number of amidine groups is 1. The van der Waals surface area contributed by atoms with Gasteiger partial charge in [-0.2, -0.15) is 10.1 Å². The van der Waals surface area contributed by atoms with Crippen molar-refractivity contribution in [2.75, 3.05) is 5.75 Å². The summed E-state index contributed by atoms with van der Waals surface area (Å²) in [5.74, 6) is 1.13. The van der Waals surface area contributed by atoms with Crippen molar-refractivity contribution < 1.29 is 4.79 Å². The van der Waals surface area contributed by atoms with Crippen molar-refractivity contribution in [3.05, 3.63) is 29.8 Å². The molecule has 1 heterocycles. The Labute approximate surface area is 136 Å². The van der Waals surface area contributed by atoms with Gasteiger partial charge in [0.1, 0.15) is 0 Å². The smallest absolute Gasteiger partial charge is 0.259 e. The molecule has 0 spiro atoms. The lowest BCUT2D eigenvalue weighted by Crippen LogP contribution is -2.24. The second-order valence-corrected chi connectivity index (χ2v) is 6.71. The lowest BCUT2D eigenvalue weighted by molar-refractivity contribution is -0.124. The first-order valence-corrected chi connectivity index (χ1v) is 8.69. The summed E-state index contributed by atoms with van der Waals surface area (Å²) >= 11 is 1.45. The molecule has 2 rings (SSSR count). The largest absolute Gasteiger partial charge is 0.271 e. The highest BCUT2D eigenvalue weighted by molar-refractivity contribution is 8.15. The van der Waals surface area contributed by atoms with Crippen LogP contribution in [0.4, 0.5) is 5.69 Å². The van der Waals surface area contributed by atoms with E-state index in [0.29, 0.717) is 22.8 Å². The van der Waals surface area contributed by atoms with Gasteiger partial charge in [0.15, 0.2) is 5.17 Å². The standard InChI is InChI=1S/C17H23N3OS/c1-5-13(4)14-8-6-7-9-15(14)19-17-20(16(21)11-22-17)18-10-12(2)3/h6-10,12-13H,5,11H2,1-4H3/b18-10+,19-17-. The van der Waals surface area contributed by atoms with E-state index in [-0.39, 0.29) is 5.91 Å². The quantitative estimate of drug-likeness (QED) is 0.755. The van der Waals surface area contributed by atoms with E-state index in [4.69, 9.17) is 4.99 Å². The van der Waals surface area contributed by atoms with Crippen molar-refractivity contribution in [2.45, 2.75) is 40.0 Å². The third-order valence-corrected chi connectivity index (χ3v) is 4.43. The van der Waals surface area contributed by atoms with Crippen LogP contribution < -0.4 is 0 Å². The van der Waals surface area contributed by atoms with Crippen LogP contribution in [0.3, 0.4) is 0 Å². The van der Waals surface area contributed by atoms with E-state index >= 15 is 0 Å². The van der Waals surface area contributed by atoms with Crippen molar-refractivity contribution in [3.63, 3.8) is 0 Å². The Bertz CT molecular complexity index is 595. The average Bonchev–Trinajstić information content (AvgIpc) is 2.85. The van der Waals surface area contributed by atoms with Gasteiger partial charge in [0, 0.05) is 6.21 Å². The number of carbonyl (C=O) groups is 1. The molecule has 1 aromatic carbocycles. The summed E-state index contributed by atoms with van der Waals surface area (Å²) in [4.78, 5) is 16.7. The number of hydrazone groups is 1. The molecule has 0 saturated carbocycles. The Kier molecular flexibility index (Phi) is 5.77. The Morgan fingerprint density at radius 1 is 1.32 bits per heavy atom. The summed E-state index contributed by atoms with van der Waals surface area (Å²) in [5.41, 5.74) is 2.14. The van der Waals surface area contributed by atoms with Crippen molar-refractivity contribution in [1.82, 2.24) is 5.01 Å². The molecule has 1 aromatic rings. The van der Waals surface area contributed by atoms with Crippen LogP contribution in [0.15, 0.2) is 34.4 Å². The van der Waals surface area contributed by atoms with Crippen molar-refractivity contribution >= 4 is 34.7 Å². The molecular weight excluding hydrogens is 294 g/mol. The molecule has 0 bridgehead atoms. The lowest BCUT2D eigenvalue weighted by Gasteiger charge is -2.14. The van der Waals surface area contributed by atoms with E-state index < -0.39 is 0 Å². The number of carbonyl (C=O) groups excluding carboxylic acids is 1. The molecular formula is C17H23N3OS. The summed E-state index contributed by atoms with van der Waals surface area (Å²) in [6.07, 6.45) is 2.84. The molecule has 4 nitrogen and oxygen atoms in total. The lowest BCUT2D eigenvalue weighted by atomic mass is 9.97. The van der Waals surface area contributed by atoms with E-state index in [1.165, 1.54) is 22.3 Å². The van der Waals surface area contributed by atoms with Gasteiger partial charge in [-0.25, -0.2) is 4.99 Å². The Morgan fingerprint density at radius 2 is 2.05 bits per heavy atom. The van der Waals surface area contributed by atoms with Gasteiger partial charge in [-0.15, -0.1) is 0 Å². The van der Waals surface area contributed by atoms with Gasteiger partial charge in [-0.05, 0) is 29.9 Å². The maximum atomic E-state index is 12.0. The van der Waals surface area contributed by atoms with Gasteiger partial charge >= 0.3 is 0 Å². The number of rotatable bonds is 5. The van der Waals surface area contributed by atoms with Gasteiger partial charge in [0.05, 0.1) is 11.4 Å². The van der Waals surface area contributed by atoms with Crippen molar-refractivity contribution in [3.8, 4) is 0 Å². The number of thioether (sulfide) groups is 1. The zero-order chi connectivity index (χ0) is 16.1. The molecule has 5 heteroatoms. The predicted octanol–water partition coefficient (Wildman–Crippen LogP) is 4.40.